The first-order chi connectivity index (χ1) is 10.00. The zero-order valence-corrected chi connectivity index (χ0v) is 14.5. The zero-order chi connectivity index (χ0) is 17.6. The molecule has 0 radical (unpaired) electrons. The van der Waals surface area contributed by atoms with E-state index in [9.17, 15) is 14.7 Å². The molecule has 0 aromatic carbocycles. The first-order valence-corrected chi connectivity index (χ1v) is 7.68. The topological polar surface area (TPSA) is 63.6 Å². The van der Waals surface area contributed by atoms with E-state index in [-0.39, 0.29) is 18.8 Å². The first-order valence-electron chi connectivity index (χ1n) is 7.68. The number of aliphatic carboxylic acids is 1. The lowest BCUT2D eigenvalue weighted by molar-refractivity contribution is -0.177. The van der Waals surface area contributed by atoms with E-state index in [0.717, 1.165) is 0 Å². The Morgan fingerprint density at radius 3 is 1.86 bits per heavy atom. The number of carbonyl (C=O) groups excluding carboxylic acids is 1. The normalized spacial score (nSPS) is 13.5. The lowest BCUT2D eigenvalue weighted by Gasteiger charge is -2.38. The van der Waals surface area contributed by atoms with E-state index in [1.54, 1.807) is 32.9 Å². The number of rotatable bonds is 9. The maximum absolute atomic E-state index is 12.8. The predicted molar refractivity (Wildman–Crippen MR) is 88.5 cm³/mol. The van der Waals surface area contributed by atoms with Crippen molar-refractivity contribution < 1.29 is 19.4 Å². The van der Waals surface area contributed by atoms with E-state index in [4.69, 9.17) is 4.74 Å². The molecular weight excluding hydrogens is 280 g/mol. The third-order valence-corrected chi connectivity index (χ3v) is 3.49. The minimum atomic E-state index is -1.16. The molecule has 0 aliphatic carbocycles. The number of carbonyl (C=O) groups is 2. The van der Waals surface area contributed by atoms with Crippen molar-refractivity contribution in [2.75, 3.05) is 0 Å². The van der Waals surface area contributed by atoms with Crippen molar-refractivity contribution >= 4 is 11.9 Å². The average Bonchev–Trinajstić information content (AvgIpc) is 2.32. The Balaban J connectivity index is 5.90. The number of allylic oxidation sites excluding steroid dienone is 2. The maximum Gasteiger partial charge on any atom is 0.314 e. The van der Waals surface area contributed by atoms with Gasteiger partial charge in [0, 0.05) is 0 Å². The van der Waals surface area contributed by atoms with Gasteiger partial charge in [-0.15, -0.1) is 13.2 Å². The predicted octanol–water partition coefficient (Wildman–Crippen LogP) is 4.21. The van der Waals surface area contributed by atoms with Crippen molar-refractivity contribution in [1.29, 1.82) is 0 Å². The van der Waals surface area contributed by atoms with E-state index in [2.05, 4.69) is 13.2 Å². The molecule has 0 fully saturated rings. The van der Waals surface area contributed by atoms with Gasteiger partial charge in [0.2, 0.25) is 0 Å². The summed E-state index contributed by atoms with van der Waals surface area (Å²) in [7, 11) is 0. The van der Waals surface area contributed by atoms with E-state index in [0.29, 0.717) is 6.42 Å². The quantitative estimate of drug-likeness (QED) is 0.512. The van der Waals surface area contributed by atoms with Gasteiger partial charge in [0.1, 0.15) is 5.60 Å². The van der Waals surface area contributed by atoms with Gasteiger partial charge in [-0.2, -0.15) is 0 Å². The second-order valence-corrected chi connectivity index (χ2v) is 7.16. The number of esters is 1. The lowest BCUT2D eigenvalue weighted by atomic mass is 9.67. The molecule has 1 atom stereocenters. The van der Waals surface area contributed by atoms with Crippen LogP contribution >= 0.6 is 0 Å². The van der Waals surface area contributed by atoms with Gasteiger partial charge in [-0.1, -0.05) is 26.0 Å². The van der Waals surface area contributed by atoms with Crippen LogP contribution in [0.2, 0.25) is 0 Å². The Labute approximate surface area is 134 Å². The minimum absolute atomic E-state index is 0.151. The number of hydrogen-bond donors (Lipinski definition) is 1. The highest BCUT2D eigenvalue weighted by Crippen LogP contribution is 2.42. The van der Waals surface area contributed by atoms with Gasteiger partial charge in [-0.3, -0.25) is 9.59 Å². The summed E-state index contributed by atoms with van der Waals surface area (Å²) in [5.41, 5.74) is -1.83. The Bertz CT molecular complexity index is 405. The summed E-state index contributed by atoms with van der Waals surface area (Å²) in [5.74, 6) is -2.16. The smallest absolute Gasteiger partial charge is 0.314 e. The monoisotopic (exact) mass is 310 g/mol. The van der Waals surface area contributed by atoms with Crippen molar-refractivity contribution in [1.82, 2.24) is 0 Å². The third-order valence-electron chi connectivity index (χ3n) is 3.49. The molecule has 0 spiro atoms. The van der Waals surface area contributed by atoms with Crippen molar-refractivity contribution in [3.63, 3.8) is 0 Å². The number of ether oxygens (including phenoxy) is 1. The van der Waals surface area contributed by atoms with Crippen LogP contribution in [0.5, 0.6) is 0 Å². The second kappa shape index (κ2) is 8.16. The Kier molecular flexibility index (Phi) is 7.57. The van der Waals surface area contributed by atoms with Gasteiger partial charge >= 0.3 is 11.9 Å². The Morgan fingerprint density at radius 1 is 1.14 bits per heavy atom. The highest BCUT2D eigenvalue weighted by molar-refractivity contribution is 5.85. The second-order valence-electron chi connectivity index (χ2n) is 7.16. The fraction of sp³-hybridized carbons (Fsp3) is 0.667. The molecule has 0 aliphatic heterocycles. The van der Waals surface area contributed by atoms with E-state index >= 15 is 0 Å². The fourth-order valence-corrected chi connectivity index (χ4v) is 2.61. The molecule has 0 heterocycles. The Hall–Kier alpha value is -1.58. The van der Waals surface area contributed by atoms with Gasteiger partial charge in [-0.05, 0) is 46.0 Å². The summed E-state index contributed by atoms with van der Waals surface area (Å²) in [5, 5.41) is 9.68. The summed E-state index contributed by atoms with van der Waals surface area (Å²) in [4.78, 5) is 24.6. The zero-order valence-electron chi connectivity index (χ0n) is 14.5. The lowest BCUT2D eigenvalue weighted by Crippen LogP contribution is -2.46. The fourth-order valence-electron chi connectivity index (χ4n) is 2.61. The molecule has 0 bridgehead atoms. The third kappa shape index (κ3) is 5.66. The average molecular weight is 310 g/mol. The van der Waals surface area contributed by atoms with Gasteiger partial charge in [0.05, 0.1) is 11.3 Å². The van der Waals surface area contributed by atoms with Gasteiger partial charge < -0.3 is 9.84 Å². The van der Waals surface area contributed by atoms with E-state index in [1.807, 2.05) is 13.8 Å². The van der Waals surface area contributed by atoms with Crippen molar-refractivity contribution in [3.8, 4) is 0 Å². The highest BCUT2D eigenvalue weighted by Gasteiger charge is 2.49. The van der Waals surface area contributed by atoms with Crippen molar-refractivity contribution in [2.45, 2.75) is 59.5 Å². The molecule has 4 nitrogen and oxygen atoms in total. The van der Waals surface area contributed by atoms with E-state index in [1.165, 1.54) is 0 Å². The number of carboxylic acids is 1. The van der Waals surface area contributed by atoms with Crippen LogP contribution in [0.1, 0.15) is 53.9 Å². The van der Waals surface area contributed by atoms with Crippen LogP contribution in [0.4, 0.5) is 0 Å². The summed E-state index contributed by atoms with van der Waals surface area (Å²) >= 11 is 0. The maximum atomic E-state index is 12.8. The summed E-state index contributed by atoms with van der Waals surface area (Å²) in [6, 6.07) is 0. The molecule has 126 valence electrons. The van der Waals surface area contributed by atoms with E-state index < -0.39 is 28.9 Å². The van der Waals surface area contributed by atoms with Crippen LogP contribution in [0.15, 0.2) is 25.3 Å². The molecule has 22 heavy (non-hydrogen) atoms. The van der Waals surface area contributed by atoms with Crippen molar-refractivity contribution in [3.05, 3.63) is 25.3 Å². The molecule has 0 unspecified atom stereocenters. The standard InChI is InChI=1S/C18H30O4/c1-8-10-18(11-9-2,16(21)22-17(5,6)7)14(15(19)20)12-13(3)4/h8-9,13-14H,1-2,10-12H2,3-7H3,(H,19,20)/t14-/m0/s1. The van der Waals surface area contributed by atoms with Crippen LogP contribution in [0.25, 0.3) is 0 Å². The van der Waals surface area contributed by atoms with Gasteiger partial charge in [-0.25, -0.2) is 0 Å². The molecule has 0 saturated carbocycles. The largest absolute Gasteiger partial charge is 0.481 e. The van der Waals surface area contributed by atoms with Crippen LogP contribution < -0.4 is 0 Å². The summed E-state index contributed by atoms with van der Waals surface area (Å²) < 4.78 is 5.52. The molecule has 0 amide bonds. The number of hydrogen-bond acceptors (Lipinski definition) is 3. The summed E-state index contributed by atoms with van der Waals surface area (Å²) in [6.45, 7) is 16.6. The summed E-state index contributed by atoms with van der Waals surface area (Å²) in [6.07, 6.45) is 4.07. The molecule has 0 rings (SSSR count). The van der Waals surface area contributed by atoms with Crippen molar-refractivity contribution in [2.24, 2.45) is 17.3 Å². The molecular formula is C18H30O4. The molecule has 0 aliphatic rings. The SMILES string of the molecule is C=CCC(CC=C)(C(=O)OC(C)(C)C)[C@@H](CC(C)C)C(=O)O. The van der Waals surface area contributed by atoms with Crippen LogP contribution in [-0.2, 0) is 14.3 Å². The molecule has 4 heteroatoms. The first kappa shape index (κ1) is 20.4. The Morgan fingerprint density at radius 2 is 1.59 bits per heavy atom. The van der Waals surface area contributed by atoms with Crippen LogP contribution in [0, 0.1) is 17.3 Å². The van der Waals surface area contributed by atoms with Gasteiger partial charge in [0.25, 0.3) is 0 Å². The minimum Gasteiger partial charge on any atom is -0.481 e. The van der Waals surface area contributed by atoms with Gasteiger partial charge in [0.15, 0.2) is 0 Å². The molecule has 1 N–H and O–H groups in total. The molecule has 0 aromatic rings. The number of carboxylic acid groups (broad SMARTS) is 1. The van der Waals surface area contributed by atoms with Crippen LogP contribution in [0.3, 0.4) is 0 Å². The van der Waals surface area contributed by atoms with Crippen LogP contribution in [-0.4, -0.2) is 22.6 Å². The molecule has 0 saturated heterocycles. The highest BCUT2D eigenvalue weighted by atomic mass is 16.6. The molecule has 0 aromatic heterocycles.